The molecule has 0 aliphatic heterocycles. The Morgan fingerprint density at radius 3 is 2.16 bits per heavy atom. The standard InChI is InChI=1S/C27H42N6O10S/c1-2-3-14-29-19-9-7-18(8-10-19)25(37)30-15-5-4-6-20(24(28)36)32-23(35)12-11-22(27(39)40)33-26(38)21(31-17-34)13-16-44(41,42)43/h7-10,17,20-22,29H,2-6,11-16H2,1H3,(H2,28,36)(H,30,37)(H,31,34)(H,32,35)(H,33,38)(H,39,40)(H,41,42,43)/t20-,21-,22-/m0/s1. The van der Waals surface area contributed by atoms with Gasteiger partial charge in [0.1, 0.15) is 18.1 Å². The molecule has 0 bridgehead atoms. The van der Waals surface area contributed by atoms with Crippen LogP contribution in [0.5, 0.6) is 0 Å². The van der Waals surface area contributed by atoms with Crippen LogP contribution in [0.25, 0.3) is 0 Å². The third-order valence-electron chi connectivity index (χ3n) is 6.42. The lowest BCUT2D eigenvalue weighted by molar-refractivity contribution is -0.142. The number of hydrogen-bond donors (Lipinski definition) is 8. The van der Waals surface area contributed by atoms with Crippen LogP contribution in [0.3, 0.4) is 0 Å². The third kappa shape index (κ3) is 15.8. The summed E-state index contributed by atoms with van der Waals surface area (Å²) in [6.07, 6.45) is 1.98. The zero-order valence-electron chi connectivity index (χ0n) is 24.5. The van der Waals surface area contributed by atoms with E-state index in [1.165, 1.54) is 0 Å². The number of aliphatic carboxylic acids is 1. The Hall–Kier alpha value is -4.25. The molecule has 0 unspecified atom stereocenters. The van der Waals surface area contributed by atoms with Crippen molar-refractivity contribution in [3.63, 3.8) is 0 Å². The molecule has 3 atom stereocenters. The van der Waals surface area contributed by atoms with E-state index in [9.17, 15) is 42.3 Å². The summed E-state index contributed by atoms with van der Waals surface area (Å²) < 4.78 is 30.7. The lowest BCUT2D eigenvalue weighted by Gasteiger charge is -2.20. The maximum Gasteiger partial charge on any atom is 0.326 e. The highest BCUT2D eigenvalue weighted by molar-refractivity contribution is 7.85. The topological polar surface area (TPSA) is 263 Å². The van der Waals surface area contributed by atoms with Gasteiger partial charge in [0.25, 0.3) is 16.0 Å². The van der Waals surface area contributed by atoms with E-state index >= 15 is 0 Å². The molecule has 0 aromatic heterocycles. The van der Waals surface area contributed by atoms with Crippen molar-refractivity contribution in [3.8, 4) is 0 Å². The monoisotopic (exact) mass is 642 g/mol. The molecule has 0 saturated carbocycles. The molecule has 5 amide bonds. The first kappa shape index (κ1) is 37.8. The van der Waals surface area contributed by atoms with Gasteiger partial charge in [-0.05, 0) is 62.8 Å². The van der Waals surface area contributed by atoms with Crippen molar-refractivity contribution in [2.24, 2.45) is 5.73 Å². The van der Waals surface area contributed by atoms with Crippen molar-refractivity contribution in [1.29, 1.82) is 0 Å². The van der Waals surface area contributed by atoms with Gasteiger partial charge in [-0.1, -0.05) is 13.3 Å². The number of rotatable bonds is 23. The van der Waals surface area contributed by atoms with Gasteiger partial charge < -0.3 is 37.4 Å². The predicted octanol–water partition coefficient (Wildman–Crippen LogP) is -0.489. The molecule has 246 valence electrons. The van der Waals surface area contributed by atoms with Gasteiger partial charge in [0.15, 0.2) is 0 Å². The Kier molecular flexibility index (Phi) is 17.0. The highest BCUT2D eigenvalue weighted by Crippen LogP contribution is 2.10. The number of carbonyl (C=O) groups is 6. The van der Waals surface area contributed by atoms with Gasteiger partial charge in [-0.2, -0.15) is 8.42 Å². The number of nitrogens with one attached hydrogen (secondary N) is 5. The van der Waals surface area contributed by atoms with Crippen LogP contribution in [0.1, 0.15) is 68.6 Å². The van der Waals surface area contributed by atoms with Crippen molar-refractivity contribution in [2.75, 3.05) is 24.2 Å². The summed E-state index contributed by atoms with van der Waals surface area (Å²) in [5, 5.41) is 22.1. The van der Waals surface area contributed by atoms with E-state index in [4.69, 9.17) is 10.3 Å². The second-order valence-corrected chi connectivity index (χ2v) is 11.6. The molecule has 1 aromatic rings. The van der Waals surface area contributed by atoms with Crippen LogP contribution in [0, 0.1) is 0 Å². The minimum Gasteiger partial charge on any atom is -0.480 e. The van der Waals surface area contributed by atoms with Gasteiger partial charge in [-0.3, -0.25) is 28.5 Å². The number of unbranched alkanes of at least 4 members (excludes halogenated alkanes) is 2. The van der Waals surface area contributed by atoms with Crippen LogP contribution >= 0.6 is 0 Å². The molecule has 1 aromatic carbocycles. The minimum absolute atomic E-state index is 0.112. The molecule has 0 radical (unpaired) electrons. The number of nitrogens with two attached hydrogens (primary N) is 1. The number of carboxylic acids is 1. The van der Waals surface area contributed by atoms with Gasteiger partial charge in [0.2, 0.25) is 24.1 Å². The zero-order chi connectivity index (χ0) is 33.1. The van der Waals surface area contributed by atoms with Gasteiger partial charge in [0, 0.05) is 30.8 Å². The van der Waals surface area contributed by atoms with E-state index in [0.29, 0.717) is 24.9 Å². The fourth-order valence-corrected chi connectivity index (χ4v) is 4.46. The first-order chi connectivity index (χ1) is 20.8. The van der Waals surface area contributed by atoms with Crippen molar-refractivity contribution in [3.05, 3.63) is 29.8 Å². The van der Waals surface area contributed by atoms with Gasteiger partial charge in [-0.15, -0.1) is 0 Å². The molecule has 0 heterocycles. The maximum atomic E-state index is 12.4. The molecule has 44 heavy (non-hydrogen) atoms. The average molecular weight is 643 g/mol. The highest BCUT2D eigenvalue weighted by Gasteiger charge is 2.27. The molecule has 16 nitrogen and oxygen atoms in total. The second-order valence-electron chi connectivity index (χ2n) is 9.98. The van der Waals surface area contributed by atoms with Crippen LogP contribution in [-0.4, -0.2) is 91.1 Å². The summed E-state index contributed by atoms with van der Waals surface area (Å²) in [6.45, 7) is 3.27. The van der Waals surface area contributed by atoms with Crippen LogP contribution in [0.15, 0.2) is 24.3 Å². The largest absolute Gasteiger partial charge is 0.480 e. The van der Waals surface area contributed by atoms with E-state index in [0.717, 1.165) is 25.1 Å². The minimum atomic E-state index is -4.45. The average Bonchev–Trinajstić information content (AvgIpc) is 2.96. The van der Waals surface area contributed by atoms with Crippen LogP contribution < -0.4 is 32.3 Å². The van der Waals surface area contributed by atoms with E-state index in [1.807, 2.05) is 17.4 Å². The number of primary amides is 1. The molecule has 1 rings (SSSR count). The summed E-state index contributed by atoms with van der Waals surface area (Å²) in [5.74, 6) is -5.16. The normalized spacial score (nSPS) is 13.0. The SMILES string of the molecule is CCCCNc1ccc(C(=O)NCCCC[C@H](NC(=O)CC[C@H](NC(=O)[C@H](CCS(=O)(=O)O)NC=O)C(=O)O)C(N)=O)cc1. The van der Waals surface area contributed by atoms with E-state index in [1.54, 1.807) is 12.1 Å². The number of benzene rings is 1. The number of carboxylic acid groups (broad SMARTS) is 1. The van der Waals surface area contributed by atoms with Gasteiger partial charge >= 0.3 is 5.97 Å². The molecule has 0 aliphatic rings. The first-order valence-corrected chi connectivity index (χ1v) is 15.8. The summed E-state index contributed by atoms with van der Waals surface area (Å²) in [7, 11) is -4.45. The maximum absolute atomic E-state index is 12.4. The van der Waals surface area contributed by atoms with E-state index in [-0.39, 0.29) is 18.7 Å². The first-order valence-electron chi connectivity index (χ1n) is 14.2. The Morgan fingerprint density at radius 2 is 1.59 bits per heavy atom. The molecule has 0 spiro atoms. The molecule has 0 aliphatic carbocycles. The van der Waals surface area contributed by atoms with E-state index < -0.39 is 76.9 Å². The molecule has 0 fully saturated rings. The molecule has 17 heteroatoms. The number of anilines is 1. The third-order valence-corrected chi connectivity index (χ3v) is 7.17. The lowest BCUT2D eigenvalue weighted by Crippen LogP contribution is -2.51. The number of hydrogen-bond acceptors (Lipinski definition) is 9. The molecular formula is C27H42N6O10S. The van der Waals surface area contributed by atoms with Crippen LogP contribution in [0.2, 0.25) is 0 Å². The summed E-state index contributed by atoms with van der Waals surface area (Å²) >= 11 is 0. The molecular weight excluding hydrogens is 600 g/mol. The Morgan fingerprint density at radius 1 is 0.909 bits per heavy atom. The number of carbonyl (C=O) groups excluding carboxylic acids is 5. The zero-order valence-corrected chi connectivity index (χ0v) is 25.4. The summed E-state index contributed by atoms with van der Waals surface area (Å²) in [4.78, 5) is 71.3. The Bertz CT molecular complexity index is 1230. The van der Waals surface area contributed by atoms with Crippen molar-refractivity contribution in [2.45, 2.75) is 76.4 Å². The quantitative estimate of drug-likeness (QED) is 0.0429. The lowest BCUT2D eigenvalue weighted by atomic mass is 10.1. The number of amides is 5. The fourth-order valence-electron chi connectivity index (χ4n) is 3.92. The fraction of sp³-hybridized carbons (Fsp3) is 0.556. The van der Waals surface area contributed by atoms with Crippen molar-refractivity contribution < 1.29 is 46.8 Å². The smallest absolute Gasteiger partial charge is 0.326 e. The molecule has 0 saturated heterocycles. The Labute approximate surface area is 256 Å². The van der Waals surface area contributed by atoms with E-state index in [2.05, 4.69) is 28.2 Å². The predicted molar refractivity (Wildman–Crippen MR) is 160 cm³/mol. The second kappa shape index (κ2) is 19.8. The van der Waals surface area contributed by atoms with Crippen LogP contribution in [0.4, 0.5) is 5.69 Å². The summed E-state index contributed by atoms with van der Waals surface area (Å²) in [6, 6.07) is 3.00. The van der Waals surface area contributed by atoms with Gasteiger partial charge in [-0.25, -0.2) is 4.79 Å². The van der Waals surface area contributed by atoms with Crippen LogP contribution in [-0.2, 0) is 34.1 Å². The molecule has 9 N–H and O–H groups in total. The van der Waals surface area contributed by atoms with Gasteiger partial charge in [0.05, 0.1) is 5.75 Å². The van der Waals surface area contributed by atoms with Crippen molar-refractivity contribution >= 4 is 51.8 Å². The highest BCUT2D eigenvalue weighted by atomic mass is 32.2. The van der Waals surface area contributed by atoms with Crippen molar-refractivity contribution in [1.82, 2.24) is 21.3 Å². The Balaban J connectivity index is 2.50. The summed E-state index contributed by atoms with van der Waals surface area (Å²) in [5.41, 5.74) is 6.81.